The Morgan fingerprint density at radius 1 is 1.41 bits per heavy atom. The van der Waals surface area contributed by atoms with Crippen LogP contribution in [0.5, 0.6) is 0 Å². The van der Waals surface area contributed by atoms with Crippen LogP contribution in [0.3, 0.4) is 0 Å². The van der Waals surface area contributed by atoms with Crippen molar-refractivity contribution in [2.24, 2.45) is 5.10 Å². The van der Waals surface area contributed by atoms with E-state index in [1.54, 1.807) is 6.92 Å². The van der Waals surface area contributed by atoms with Crippen LogP contribution in [0.1, 0.15) is 19.8 Å². The molecule has 17 heavy (non-hydrogen) atoms. The van der Waals surface area contributed by atoms with Gasteiger partial charge in [-0.1, -0.05) is 0 Å². The summed E-state index contributed by atoms with van der Waals surface area (Å²) in [4.78, 5) is 22.6. The highest BCUT2D eigenvalue weighted by Gasteiger charge is 2.23. The second kappa shape index (κ2) is 6.31. The predicted molar refractivity (Wildman–Crippen MR) is 60.2 cm³/mol. The van der Waals surface area contributed by atoms with E-state index in [9.17, 15) is 9.59 Å². The molecule has 1 aliphatic rings. The molecule has 0 aromatic rings. The Kier molecular flexibility index (Phi) is 5.05. The molecular weight excluding hydrogens is 226 g/mol. The lowest BCUT2D eigenvalue weighted by atomic mass is 10.1. The van der Waals surface area contributed by atoms with Crippen LogP contribution in [-0.2, 0) is 19.1 Å². The minimum absolute atomic E-state index is 0.179. The van der Waals surface area contributed by atoms with E-state index >= 15 is 0 Å². The SMILES string of the molecule is COC(OC)C(C)NC(=O)C1=NNC(=O)CC1. The van der Waals surface area contributed by atoms with Gasteiger partial charge in [-0.25, -0.2) is 5.43 Å². The van der Waals surface area contributed by atoms with Crippen LogP contribution in [0, 0.1) is 0 Å². The molecule has 1 unspecified atom stereocenters. The highest BCUT2D eigenvalue weighted by molar-refractivity contribution is 6.39. The molecule has 0 aromatic heterocycles. The highest BCUT2D eigenvalue weighted by Crippen LogP contribution is 2.02. The van der Waals surface area contributed by atoms with Gasteiger partial charge in [-0.3, -0.25) is 9.59 Å². The van der Waals surface area contributed by atoms with Crippen molar-refractivity contribution in [3.63, 3.8) is 0 Å². The number of carbonyl (C=O) groups excluding carboxylic acids is 2. The molecule has 1 atom stereocenters. The van der Waals surface area contributed by atoms with Gasteiger partial charge in [-0.15, -0.1) is 0 Å². The standard InChI is InChI=1S/C10H17N3O4/c1-6(10(16-2)17-3)11-9(15)7-4-5-8(14)13-12-7/h6,10H,4-5H2,1-3H3,(H,11,15)(H,13,14). The molecule has 7 nitrogen and oxygen atoms in total. The van der Waals surface area contributed by atoms with Gasteiger partial charge in [0.1, 0.15) is 5.71 Å². The van der Waals surface area contributed by atoms with E-state index in [2.05, 4.69) is 15.8 Å². The van der Waals surface area contributed by atoms with Crippen molar-refractivity contribution in [2.75, 3.05) is 14.2 Å². The number of rotatable bonds is 5. The van der Waals surface area contributed by atoms with Gasteiger partial charge in [0.25, 0.3) is 5.91 Å². The van der Waals surface area contributed by atoms with Crippen LogP contribution in [0.15, 0.2) is 5.10 Å². The van der Waals surface area contributed by atoms with E-state index in [1.165, 1.54) is 14.2 Å². The fraction of sp³-hybridized carbons (Fsp3) is 0.700. The number of hydrogen-bond acceptors (Lipinski definition) is 5. The molecular formula is C10H17N3O4. The lowest BCUT2D eigenvalue weighted by Gasteiger charge is -2.22. The zero-order valence-corrected chi connectivity index (χ0v) is 10.1. The summed E-state index contributed by atoms with van der Waals surface area (Å²) >= 11 is 0. The van der Waals surface area contributed by atoms with Crippen molar-refractivity contribution in [2.45, 2.75) is 32.1 Å². The molecule has 0 radical (unpaired) electrons. The number of hydrogen-bond donors (Lipinski definition) is 2. The summed E-state index contributed by atoms with van der Waals surface area (Å²) in [6.07, 6.45) is 0.103. The Bertz CT molecular complexity index is 326. The van der Waals surface area contributed by atoms with Crippen molar-refractivity contribution in [1.29, 1.82) is 0 Å². The van der Waals surface area contributed by atoms with Crippen LogP contribution >= 0.6 is 0 Å². The summed E-state index contributed by atoms with van der Waals surface area (Å²) in [5.74, 6) is -0.502. The molecule has 0 saturated carbocycles. The van der Waals surface area contributed by atoms with Crippen molar-refractivity contribution in [3.8, 4) is 0 Å². The van der Waals surface area contributed by atoms with Crippen molar-refractivity contribution < 1.29 is 19.1 Å². The lowest BCUT2D eigenvalue weighted by molar-refractivity contribution is -0.131. The van der Waals surface area contributed by atoms with Crippen LogP contribution < -0.4 is 10.7 Å². The van der Waals surface area contributed by atoms with E-state index in [0.717, 1.165) is 0 Å². The molecule has 1 rings (SSSR count). The number of hydrazone groups is 1. The van der Waals surface area contributed by atoms with Gasteiger partial charge in [0.15, 0.2) is 6.29 Å². The molecule has 2 amide bonds. The molecule has 0 aromatic carbocycles. The van der Waals surface area contributed by atoms with Gasteiger partial charge in [-0.2, -0.15) is 5.10 Å². The molecule has 0 bridgehead atoms. The van der Waals surface area contributed by atoms with Crippen LogP contribution in [0.4, 0.5) is 0 Å². The zero-order chi connectivity index (χ0) is 12.8. The van der Waals surface area contributed by atoms with Gasteiger partial charge in [0.05, 0.1) is 6.04 Å². The molecule has 0 spiro atoms. The Hall–Kier alpha value is -1.47. The normalized spacial score (nSPS) is 17.4. The maximum Gasteiger partial charge on any atom is 0.267 e. The van der Waals surface area contributed by atoms with E-state index in [-0.39, 0.29) is 24.3 Å². The van der Waals surface area contributed by atoms with Crippen molar-refractivity contribution >= 4 is 17.5 Å². The fourth-order valence-corrected chi connectivity index (χ4v) is 1.50. The Morgan fingerprint density at radius 3 is 2.53 bits per heavy atom. The molecule has 1 aliphatic heterocycles. The highest BCUT2D eigenvalue weighted by atomic mass is 16.7. The smallest absolute Gasteiger partial charge is 0.267 e. The van der Waals surface area contributed by atoms with Crippen molar-refractivity contribution in [1.82, 2.24) is 10.7 Å². The average molecular weight is 243 g/mol. The maximum atomic E-state index is 11.7. The summed E-state index contributed by atoms with van der Waals surface area (Å²) in [6, 6.07) is -0.308. The summed E-state index contributed by atoms with van der Waals surface area (Å²) < 4.78 is 10.0. The molecule has 0 saturated heterocycles. The number of methoxy groups -OCH3 is 2. The Morgan fingerprint density at radius 2 is 2.06 bits per heavy atom. The summed E-state index contributed by atoms with van der Waals surface area (Å²) in [6.45, 7) is 1.76. The first-order valence-corrected chi connectivity index (χ1v) is 5.30. The second-order valence-corrected chi connectivity index (χ2v) is 3.70. The monoisotopic (exact) mass is 243 g/mol. The third-order valence-electron chi connectivity index (χ3n) is 2.40. The zero-order valence-electron chi connectivity index (χ0n) is 10.1. The largest absolute Gasteiger partial charge is 0.354 e. The van der Waals surface area contributed by atoms with E-state index in [4.69, 9.17) is 9.47 Å². The number of amides is 2. The summed E-state index contributed by atoms with van der Waals surface area (Å²) in [7, 11) is 2.99. The molecule has 1 heterocycles. The quantitative estimate of drug-likeness (QED) is 0.629. The Labute approximate surface area is 99.5 Å². The number of carbonyl (C=O) groups is 2. The molecule has 2 N–H and O–H groups in total. The van der Waals surface area contributed by atoms with Gasteiger partial charge >= 0.3 is 0 Å². The number of ether oxygens (including phenoxy) is 2. The van der Waals surface area contributed by atoms with E-state index in [1.807, 2.05) is 0 Å². The van der Waals surface area contributed by atoms with E-state index < -0.39 is 6.29 Å². The van der Waals surface area contributed by atoms with Crippen LogP contribution in [0.25, 0.3) is 0 Å². The van der Waals surface area contributed by atoms with Crippen LogP contribution in [0.2, 0.25) is 0 Å². The maximum absolute atomic E-state index is 11.7. The first-order chi connectivity index (χ1) is 8.08. The lowest BCUT2D eigenvalue weighted by Crippen LogP contribution is -2.46. The van der Waals surface area contributed by atoms with Gasteiger partial charge in [-0.05, 0) is 6.92 Å². The van der Waals surface area contributed by atoms with Gasteiger partial charge < -0.3 is 14.8 Å². The molecule has 7 heteroatoms. The molecule has 0 fully saturated rings. The Balaban J connectivity index is 2.51. The van der Waals surface area contributed by atoms with Crippen molar-refractivity contribution in [3.05, 3.63) is 0 Å². The fourth-order valence-electron chi connectivity index (χ4n) is 1.50. The predicted octanol–water partition coefficient (Wildman–Crippen LogP) is -0.624. The minimum atomic E-state index is -0.516. The summed E-state index contributed by atoms with van der Waals surface area (Å²) in [5.41, 5.74) is 2.58. The summed E-state index contributed by atoms with van der Waals surface area (Å²) in [5, 5.41) is 6.39. The second-order valence-electron chi connectivity index (χ2n) is 3.70. The first-order valence-electron chi connectivity index (χ1n) is 5.30. The number of nitrogens with one attached hydrogen (secondary N) is 2. The number of nitrogens with zero attached hydrogens (tertiary/aromatic N) is 1. The molecule has 0 aliphatic carbocycles. The topological polar surface area (TPSA) is 89.0 Å². The molecule has 96 valence electrons. The van der Waals surface area contributed by atoms with Crippen LogP contribution in [-0.4, -0.2) is 44.1 Å². The third-order valence-corrected chi connectivity index (χ3v) is 2.40. The first kappa shape index (κ1) is 13.6. The van der Waals surface area contributed by atoms with Gasteiger partial charge in [0.2, 0.25) is 5.91 Å². The average Bonchev–Trinajstić information content (AvgIpc) is 2.31. The van der Waals surface area contributed by atoms with E-state index in [0.29, 0.717) is 12.1 Å². The van der Waals surface area contributed by atoms with Gasteiger partial charge in [0, 0.05) is 27.1 Å². The minimum Gasteiger partial charge on any atom is -0.354 e. The third kappa shape index (κ3) is 3.79.